The van der Waals surface area contributed by atoms with Crippen LogP contribution in [0.2, 0.25) is 0 Å². The lowest BCUT2D eigenvalue weighted by atomic mass is 9.84. The molecule has 3 heterocycles. The number of halogens is 7. The largest absolute Gasteiger partial charge is 0.435 e. The molecule has 0 saturated carbocycles. The van der Waals surface area contributed by atoms with Gasteiger partial charge in [0, 0.05) is 12.0 Å². The maximum Gasteiger partial charge on any atom is 0.435 e. The van der Waals surface area contributed by atoms with Crippen LogP contribution in [0.1, 0.15) is 28.7 Å². The van der Waals surface area contributed by atoms with Gasteiger partial charge in [0.1, 0.15) is 0 Å². The molecule has 38 heavy (non-hydrogen) atoms. The molecule has 1 amide bonds. The van der Waals surface area contributed by atoms with E-state index in [1.54, 1.807) is 0 Å². The quantitative estimate of drug-likeness (QED) is 0.467. The maximum absolute atomic E-state index is 15.3. The van der Waals surface area contributed by atoms with E-state index in [4.69, 9.17) is 4.84 Å². The van der Waals surface area contributed by atoms with Crippen LogP contribution in [-0.2, 0) is 27.1 Å². The molecule has 0 aliphatic carbocycles. The summed E-state index contributed by atoms with van der Waals surface area (Å²) in [6.07, 6.45) is -10.8. The maximum atomic E-state index is 15.3. The summed E-state index contributed by atoms with van der Waals surface area (Å²) in [6.45, 7) is -0.505. The smallest absolute Gasteiger partial charge is 0.374 e. The van der Waals surface area contributed by atoms with Gasteiger partial charge in [0.2, 0.25) is 5.91 Å². The Labute approximate surface area is 213 Å². The fraction of sp³-hybridized carbons (Fsp3) is 0.417. The Balaban J connectivity index is 1.30. The van der Waals surface area contributed by atoms with Crippen molar-refractivity contribution >= 4 is 22.2 Å². The molecule has 0 radical (unpaired) electrons. The fourth-order valence-corrected chi connectivity index (χ4v) is 6.34. The summed E-state index contributed by atoms with van der Waals surface area (Å²) >= 11 is 0. The first-order valence-corrected chi connectivity index (χ1v) is 13.2. The van der Waals surface area contributed by atoms with Gasteiger partial charge in [0.05, 0.1) is 41.8 Å². The lowest BCUT2D eigenvalue weighted by Gasteiger charge is -2.51. The topological polar surface area (TPSA) is 82.4 Å². The van der Waals surface area contributed by atoms with E-state index in [9.17, 15) is 40.2 Å². The number of oxime groups is 1. The standard InChI is InChI=1S/C24H21F7N2O4S/c25-21(12-33(13-21)20(34)15-10-38(35,36)11-15)16-6-4-14(5-7-16)19-9-22(37-32-19,24(29,30)31)17-2-1-3-18(8-17)23(26,27)28/h1-8,15,35-36H,9-13H2. The van der Waals surface area contributed by atoms with Crippen LogP contribution >= 0.6 is 10.6 Å². The Morgan fingerprint density at radius 2 is 1.63 bits per heavy atom. The number of carbonyl (C=O) groups excluding carboxylic acids is 1. The molecule has 2 saturated heterocycles. The Bertz CT molecular complexity index is 1280. The zero-order chi connectivity index (χ0) is 27.7. The van der Waals surface area contributed by atoms with E-state index >= 15 is 4.39 Å². The minimum Gasteiger partial charge on any atom is -0.374 e. The molecule has 6 nitrogen and oxygen atoms in total. The molecule has 2 N–H and O–H groups in total. The zero-order valence-corrected chi connectivity index (χ0v) is 20.2. The molecule has 2 aromatic rings. The van der Waals surface area contributed by atoms with Crippen molar-refractivity contribution in [1.82, 2.24) is 4.90 Å². The summed E-state index contributed by atoms with van der Waals surface area (Å²) in [5, 5.41) is 3.53. The molecular weight excluding hydrogens is 545 g/mol. The van der Waals surface area contributed by atoms with Gasteiger partial charge < -0.3 is 9.74 Å². The minimum absolute atomic E-state index is 0.0413. The van der Waals surface area contributed by atoms with Gasteiger partial charge in [-0.05, 0) is 23.3 Å². The summed E-state index contributed by atoms with van der Waals surface area (Å²) in [6, 6.07) is 8.17. The predicted molar refractivity (Wildman–Crippen MR) is 123 cm³/mol. The highest BCUT2D eigenvalue weighted by molar-refractivity contribution is 8.25. The number of carbonyl (C=O) groups is 1. The molecule has 5 rings (SSSR count). The zero-order valence-electron chi connectivity index (χ0n) is 19.4. The summed E-state index contributed by atoms with van der Waals surface area (Å²) in [4.78, 5) is 18.4. The van der Waals surface area contributed by atoms with E-state index in [0.29, 0.717) is 12.1 Å². The van der Waals surface area contributed by atoms with E-state index < -0.39 is 57.7 Å². The number of alkyl halides is 7. The molecule has 14 heteroatoms. The molecule has 2 aromatic carbocycles. The predicted octanol–water partition coefficient (Wildman–Crippen LogP) is 5.68. The molecule has 206 valence electrons. The number of benzene rings is 2. The van der Waals surface area contributed by atoms with Crippen LogP contribution in [0.25, 0.3) is 0 Å². The normalized spacial score (nSPS) is 25.6. The molecule has 3 aliphatic heterocycles. The van der Waals surface area contributed by atoms with Gasteiger partial charge in [-0.2, -0.15) is 36.9 Å². The number of hydrogen-bond acceptors (Lipinski definition) is 5. The van der Waals surface area contributed by atoms with Gasteiger partial charge in [-0.1, -0.05) is 41.6 Å². The SMILES string of the molecule is O=C(C1CS(O)(O)C1)N1CC(F)(c2ccc(C3=NOC(c4cccc(C(F)(F)F)c4)(C(F)(F)F)C3)cc2)C1. The Morgan fingerprint density at radius 1 is 1.00 bits per heavy atom. The van der Waals surface area contributed by atoms with E-state index in [0.717, 1.165) is 12.1 Å². The second kappa shape index (κ2) is 8.58. The Kier molecular flexibility index (Phi) is 6.04. The summed E-state index contributed by atoms with van der Waals surface area (Å²) in [5.41, 5.74) is -6.83. The molecule has 0 bridgehead atoms. The molecule has 0 spiro atoms. The van der Waals surface area contributed by atoms with Crippen molar-refractivity contribution in [2.24, 2.45) is 11.1 Å². The van der Waals surface area contributed by atoms with Gasteiger partial charge in [0.15, 0.2) is 5.67 Å². The van der Waals surface area contributed by atoms with Gasteiger partial charge in [-0.3, -0.25) is 13.9 Å². The first kappa shape index (κ1) is 26.8. The van der Waals surface area contributed by atoms with E-state index in [-0.39, 0.29) is 47.3 Å². The van der Waals surface area contributed by atoms with Gasteiger partial charge in [-0.25, -0.2) is 4.39 Å². The third-order valence-corrected chi connectivity index (χ3v) is 8.93. The second-order valence-corrected chi connectivity index (χ2v) is 12.0. The number of likely N-dealkylation sites (tertiary alicyclic amines) is 1. The number of hydrogen-bond donors (Lipinski definition) is 2. The van der Waals surface area contributed by atoms with Crippen molar-refractivity contribution in [1.29, 1.82) is 0 Å². The third kappa shape index (κ3) is 4.51. The average molecular weight is 566 g/mol. The van der Waals surface area contributed by atoms with Crippen molar-refractivity contribution in [2.45, 2.75) is 30.0 Å². The van der Waals surface area contributed by atoms with Crippen LogP contribution in [0, 0.1) is 5.92 Å². The Hall–Kier alpha value is -2.84. The number of nitrogens with zero attached hydrogens (tertiary/aromatic N) is 2. The first-order valence-electron chi connectivity index (χ1n) is 11.3. The molecule has 2 fully saturated rings. The lowest BCUT2D eigenvalue weighted by molar-refractivity contribution is -0.276. The average Bonchev–Trinajstić information content (AvgIpc) is 3.27. The van der Waals surface area contributed by atoms with Gasteiger partial charge in [0.25, 0.3) is 5.60 Å². The van der Waals surface area contributed by atoms with E-state index in [1.165, 1.54) is 29.2 Å². The van der Waals surface area contributed by atoms with Crippen molar-refractivity contribution in [3.8, 4) is 0 Å². The van der Waals surface area contributed by atoms with Crippen LogP contribution < -0.4 is 0 Å². The number of amides is 1. The monoisotopic (exact) mass is 566 g/mol. The van der Waals surface area contributed by atoms with Gasteiger partial charge >= 0.3 is 12.4 Å². The van der Waals surface area contributed by atoms with Gasteiger partial charge in [-0.15, -0.1) is 0 Å². The summed E-state index contributed by atoms with van der Waals surface area (Å²) < 4.78 is 116. The fourth-order valence-electron chi connectivity index (χ4n) is 4.86. The van der Waals surface area contributed by atoms with E-state index in [1.807, 2.05) is 0 Å². The van der Waals surface area contributed by atoms with E-state index in [2.05, 4.69) is 5.16 Å². The van der Waals surface area contributed by atoms with Crippen molar-refractivity contribution in [3.63, 3.8) is 0 Å². The molecular formula is C24H21F7N2O4S. The van der Waals surface area contributed by atoms with Crippen LogP contribution in [-0.4, -0.2) is 56.4 Å². The lowest BCUT2D eigenvalue weighted by Crippen LogP contribution is -2.62. The Morgan fingerprint density at radius 3 is 2.18 bits per heavy atom. The van der Waals surface area contributed by atoms with Crippen molar-refractivity contribution in [3.05, 3.63) is 70.8 Å². The van der Waals surface area contributed by atoms with Crippen molar-refractivity contribution < 1.29 is 49.5 Å². The summed E-state index contributed by atoms with van der Waals surface area (Å²) in [7, 11) is -2.71. The van der Waals surface area contributed by atoms with Crippen LogP contribution in [0.3, 0.4) is 0 Å². The van der Waals surface area contributed by atoms with Crippen molar-refractivity contribution in [2.75, 3.05) is 24.6 Å². The molecule has 1 atom stereocenters. The third-order valence-electron chi connectivity index (χ3n) is 7.06. The van der Waals surface area contributed by atoms with Crippen LogP contribution in [0.5, 0.6) is 0 Å². The molecule has 1 unspecified atom stereocenters. The first-order chi connectivity index (χ1) is 17.5. The van der Waals surface area contributed by atoms with Crippen LogP contribution in [0.4, 0.5) is 30.7 Å². The summed E-state index contributed by atoms with van der Waals surface area (Å²) in [5.74, 6) is -1.00. The second-order valence-electron chi connectivity index (χ2n) is 9.78. The highest BCUT2D eigenvalue weighted by Gasteiger charge is 2.62. The number of rotatable bonds is 4. The van der Waals surface area contributed by atoms with Crippen LogP contribution in [0.15, 0.2) is 53.7 Å². The highest BCUT2D eigenvalue weighted by atomic mass is 32.3. The molecule has 3 aliphatic rings. The molecule has 0 aromatic heterocycles. The highest BCUT2D eigenvalue weighted by Crippen LogP contribution is 2.53. The minimum atomic E-state index is -5.10.